The molecule has 0 fully saturated rings. The van der Waals surface area contributed by atoms with Gasteiger partial charge in [-0.1, -0.05) is 18.2 Å². The van der Waals surface area contributed by atoms with Crippen LogP contribution in [0.2, 0.25) is 0 Å². The molecule has 0 bridgehead atoms. The predicted molar refractivity (Wildman–Crippen MR) is 87.2 cm³/mol. The lowest BCUT2D eigenvalue weighted by molar-refractivity contribution is -0.137. The van der Waals surface area contributed by atoms with Crippen LogP contribution in [0.1, 0.15) is 28.4 Å². The van der Waals surface area contributed by atoms with Gasteiger partial charge in [-0.3, -0.25) is 9.59 Å². The van der Waals surface area contributed by atoms with Gasteiger partial charge < -0.3 is 15.4 Å². The van der Waals surface area contributed by atoms with Crippen molar-refractivity contribution in [3.63, 3.8) is 0 Å². The Kier molecular flexibility index (Phi) is 4.29. The van der Waals surface area contributed by atoms with Crippen LogP contribution in [0.5, 0.6) is 0 Å². The van der Waals surface area contributed by atoms with E-state index in [1.165, 1.54) is 24.3 Å². The number of aliphatic carboxylic acids is 1. The topological polar surface area (TPSA) is 82.2 Å². The van der Waals surface area contributed by atoms with Crippen LogP contribution in [0, 0.1) is 5.82 Å². The van der Waals surface area contributed by atoms with Gasteiger partial charge in [-0.15, -0.1) is 0 Å². The van der Waals surface area contributed by atoms with Crippen molar-refractivity contribution in [2.45, 2.75) is 12.5 Å². The molecule has 0 aliphatic carbocycles. The molecule has 1 amide bonds. The van der Waals surface area contributed by atoms with E-state index in [9.17, 15) is 14.0 Å². The van der Waals surface area contributed by atoms with E-state index in [4.69, 9.17) is 5.11 Å². The Morgan fingerprint density at radius 3 is 2.58 bits per heavy atom. The zero-order valence-corrected chi connectivity index (χ0v) is 12.6. The lowest BCUT2D eigenvalue weighted by atomic mass is 10.0. The zero-order valence-electron chi connectivity index (χ0n) is 12.6. The molecule has 5 nitrogen and oxygen atoms in total. The van der Waals surface area contributed by atoms with Gasteiger partial charge in [0, 0.05) is 22.7 Å². The van der Waals surface area contributed by atoms with Crippen LogP contribution in [0.25, 0.3) is 10.9 Å². The van der Waals surface area contributed by atoms with Gasteiger partial charge in [-0.2, -0.15) is 0 Å². The van der Waals surface area contributed by atoms with Crippen LogP contribution in [0.4, 0.5) is 4.39 Å². The molecule has 0 spiro atoms. The Morgan fingerprint density at radius 2 is 1.88 bits per heavy atom. The number of aromatic amines is 1. The second kappa shape index (κ2) is 6.54. The molecular formula is C18H15FN2O3. The summed E-state index contributed by atoms with van der Waals surface area (Å²) in [4.78, 5) is 26.7. The van der Waals surface area contributed by atoms with E-state index in [1.54, 1.807) is 24.4 Å². The first kappa shape index (κ1) is 15.7. The Hall–Kier alpha value is -3.15. The van der Waals surface area contributed by atoms with Gasteiger partial charge in [-0.05, 0) is 35.9 Å². The number of carbonyl (C=O) groups excluding carboxylic acids is 1. The van der Waals surface area contributed by atoms with Gasteiger partial charge in [0.25, 0.3) is 5.91 Å². The zero-order chi connectivity index (χ0) is 17.1. The minimum absolute atomic E-state index is 0.291. The molecule has 0 saturated carbocycles. The highest BCUT2D eigenvalue weighted by Crippen LogP contribution is 2.21. The third kappa shape index (κ3) is 3.27. The fourth-order valence-corrected chi connectivity index (χ4v) is 2.64. The van der Waals surface area contributed by atoms with Gasteiger partial charge in [0.05, 0.1) is 12.5 Å². The summed E-state index contributed by atoms with van der Waals surface area (Å²) in [7, 11) is 0. The first-order valence-electron chi connectivity index (χ1n) is 7.39. The third-order valence-electron chi connectivity index (χ3n) is 3.80. The van der Waals surface area contributed by atoms with Crippen molar-refractivity contribution in [3.8, 4) is 0 Å². The number of carboxylic acids is 1. The Labute approximate surface area is 137 Å². The van der Waals surface area contributed by atoms with E-state index in [-0.39, 0.29) is 12.3 Å². The molecule has 0 aliphatic heterocycles. The second-order valence-electron chi connectivity index (χ2n) is 5.42. The van der Waals surface area contributed by atoms with E-state index < -0.39 is 17.8 Å². The van der Waals surface area contributed by atoms with Crippen molar-refractivity contribution in [2.24, 2.45) is 0 Å². The maximum atomic E-state index is 13.1. The largest absolute Gasteiger partial charge is 0.481 e. The van der Waals surface area contributed by atoms with E-state index in [2.05, 4.69) is 10.3 Å². The minimum atomic E-state index is -1.05. The van der Waals surface area contributed by atoms with E-state index >= 15 is 0 Å². The monoisotopic (exact) mass is 326 g/mol. The van der Waals surface area contributed by atoms with Crippen molar-refractivity contribution >= 4 is 22.8 Å². The van der Waals surface area contributed by atoms with Crippen LogP contribution in [-0.2, 0) is 4.79 Å². The van der Waals surface area contributed by atoms with E-state index in [0.717, 1.165) is 10.9 Å². The molecule has 6 heteroatoms. The first-order valence-corrected chi connectivity index (χ1v) is 7.39. The Bertz CT molecular complexity index is 887. The summed E-state index contributed by atoms with van der Waals surface area (Å²) < 4.78 is 13.1. The molecule has 2 aromatic carbocycles. The van der Waals surface area contributed by atoms with Gasteiger partial charge >= 0.3 is 5.97 Å². The summed E-state index contributed by atoms with van der Waals surface area (Å²) in [6, 6.07) is 11.7. The number of amides is 1. The average Bonchev–Trinajstić information content (AvgIpc) is 3.03. The van der Waals surface area contributed by atoms with Crippen molar-refractivity contribution < 1.29 is 19.1 Å². The fraction of sp³-hybridized carbons (Fsp3) is 0.111. The number of hydrogen-bond donors (Lipinski definition) is 3. The number of benzene rings is 2. The molecule has 3 rings (SSSR count). The summed E-state index contributed by atoms with van der Waals surface area (Å²) in [5.74, 6) is -1.85. The summed E-state index contributed by atoms with van der Waals surface area (Å²) in [5.41, 5.74) is 1.80. The smallest absolute Gasteiger partial charge is 0.305 e. The quantitative estimate of drug-likeness (QED) is 0.673. The van der Waals surface area contributed by atoms with Gasteiger partial charge in [0.2, 0.25) is 0 Å². The Morgan fingerprint density at radius 1 is 1.12 bits per heavy atom. The van der Waals surface area contributed by atoms with Crippen molar-refractivity contribution in [1.82, 2.24) is 10.3 Å². The molecule has 0 unspecified atom stereocenters. The van der Waals surface area contributed by atoms with Crippen molar-refractivity contribution in [2.75, 3.05) is 0 Å². The lowest BCUT2D eigenvalue weighted by Gasteiger charge is -2.18. The minimum Gasteiger partial charge on any atom is -0.481 e. The van der Waals surface area contributed by atoms with Gasteiger partial charge in [0.15, 0.2) is 0 Å². The van der Waals surface area contributed by atoms with Crippen molar-refractivity contribution in [3.05, 3.63) is 71.7 Å². The van der Waals surface area contributed by atoms with E-state index in [1.807, 2.05) is 6.07 Å². The molecular weight excluding hydrogens is 311 g/mol. The first-order chi connectivity index (χ1) is 11.5. The summed E-state index contributed by atoms with van der Waals surface area (Å²) >= 11 is 0. The average molecular weight is 326 g/mol. The Balaban J connectivity index is 1.89. The van der Waals surface area contributed by atoms with Crippen LogP contribution >= 0.6 is 0 Å². The maximum absolute atomic E-state index is 13.1. The molecule has 0 radical (unpaired) electrons. The standard InChI is InChI=1S/C18H15FN2O3/c19-12-6-4-11(5-7-12)16(10-17(22)23)21-18(24)14-2-1-3-15-13(14)8-9-20-15/h1-9,16,20H,10H2,(H,21,24)(H,22,23)/t16-/m1/s1. The number of H-pyrrole nitrogens is 1. The number of nitrogens with one attached hydrogen (secondary N) is 2. The molecule has 24 heavy (non-hydrogen) atoms. The summed E-state index contributed by atoms with van der Waals surface area (Å²) in [5, 5.41) is 12.6. The normalized spacial score (nSPS) is 12.0. The number of rotatable bonds is 5. The van der Waals surface area contributed by atoms with Gasteiger partial charge in [-0.25, -0.2) is 4.39 Å². The fourth-order valence-electron chi connectivity index (χ4n) is 2.64. The number of carboxylic acid groups (broad SMARTS) is 1. The number of carbonyl (C=O) groups is 2. The number of aromatic nitrogens is 1. The lowest BCUT2D eigenvalue weighted by Crippen LogP contribution is -2.30. The third-order valence-corrected chi connectivity index (χ3v) is 3.80. The number of fused-ring (bicyclic) bond motifs is 1. The molecule has 0 saturated heterocycles. The molecule has 0 aliphatic rings. The SMILES string of the molecule is O=C(O)C[C@@H](NC(=O)c1cccc2[nH]ccc12)c1ccc(F)cc1. The number of halogens is 1. The molecule has 3 N–H and O–H groups in total. The van der Waals surface area contributed by atoms with E-state index in [0.29, 0.717) is 11.1 Å². The summed E-state index contributed by atoms with van der Waals surface area (Å²) in [6.07, 6.45) is 1.44. The highest BCUT2D eigenvalue weighted by atomic mass is 19.1. The van der Waals surface area contributed by atoms with Gasteiger partial charge in [0.1, 0.15) is 5.82 Å². The predicted octanol–water partition coefficient (Wildman–Crippen LogP) is 3.25. The molecule has 1 heterocycles. The maximum Gasteiger partial charge on any atom is 0.305 e. The van der Waals surface area contributed by atoms with Crippen LogP contribution < -0.4 is 5.32 Å². The molecule has 1 aromatic heterocycles. The van der Waals surface area contributed by atoms with Crippen LogP contribution in [-0.4, -0.2) is 22.0 Å². The van der Waals surface area contributed by atoms with Crippen LogP contribution in [0.15, 0.2) is 54.7 Å². The molecule has 122 valence electrons. The highest BCUT2D eigenvalue weighted by Gasteiger charge is 2.20. The molecule has 1 atom stereocenters. The second-order valence-corrected chi connectivity index (χ2v) is 5.42. The molecule has 3 aromatic rings. The summed E-state index contributed by atoms with van der Waals surface area (Å²) in [6.45, 7) is 0. The number of hydrogen-bond acceptors (Lipinski definition) is 2. The highest BCUT2D eigenvalue weighted by molar-refractivity contribution is 6.06. The van der Waals surface area contributed by atoms with Crippen LogP contribution in [0.3, 0.4) is 0 Å². The van der Waals surface area contributed by atoms with Crippen molar-refractivity contribution in [1.29, 1.82) is 0 Å².